The summed E-state index contributed by atoms with van der Waals surface area (Å²) in [5, 5.41) is 3.94. The predicted octanol–water partition coefficient (Wildman–Crippen LogP) is 2.95. The molecule has 6 heteroatoms. The molecule has 0 bridgehead atoms. The molecule has 0 aliphatic heterocycles. The maximum Gasteiger partial charge on any atom is 0.240 e. The van der Waals surface area contributed by atoms with Crippen molar-refractivity contribution in [3.63, 3.8) is 0 Å². The van der Waals surface area contributed by atoms with Gasteiger partial charge in [0, 0.05) is 35.6 Å². The van der Waals surface area contributed by atoms with Crippen molar-refractivity contribution in [2.75, 3.05) is 12.3 Å². The monoisotopic (exact) mass is 310 g/mol. The fraction of sp³-hybridized carbons (Fsp3) is 0.235. The van der Waals surface area contributed by atoms with E-state index in [1.807, 2.05) is 38.1 Å². The lowest BCUT2D eigenvalue weighted by Crippen LogP contribution is -2.05. The van der Waals surface area contributed by atoms with Crippen LogP contribution in [0.2, 0.25) is 0 Å². The zero-order valence-corrected chi connectivity index (χ0v) is 13.1. The molecular weight excluding hydrogens is 292 g/mol. The first-order valence-electron chi connectivity index (χ1n) is 7.36. The number of hydrogen-bond donors (Lipinski definition) is 1. The third kappa shape index (κ3) is 3.31. The zero-order chi connectivity index (χ0) is 16.2. The molecule has 2 N–H and O–H groups in total. The number of anilines is 1. The van der Waals surface area contributed by atoms with E-state index in [9.17, 15) is 0 Å². The summed E-state index contributed by atoms with van der Waals surface area (Å²) in [7, 11) is 0. The van der Waals surface area contributed by atoms with Gasteiger partial charge >= 0.3 is 0 Å². The Balaban J connectivity index is 1.75. The second kappa shape index (κ2) is 6.48. The number of aryl methyl sites for hydroxylation is 2. The lowest BCUT2D eigenvalue weighted by Gasteiger charge is -2.09. The van der Waals surface area contributed by atoms with Crippen LogP contribution in [0.4, 0.5) is 5.69 Å². The fourth-order valence-electron chi connectivity index (χ4n) is 2.38. The fourth-order valence-corrected chi connectivity index (χ4v) is 2.38. The van der Waals surface area contributed by atoms with Crippen molar-refractivity contribution in [2.24, 2.45) is 0 Å². The summed E-state index contributed by atoms with van der Waals surface area (Å²) in [6.07, 6.45) is 3.97. The van der Waals surface area contributed by atoms with Crippen LogP contribution in [0, 0.1) is 13.8 Å². The molecular formula is C17H18N4O2. The maximum absolute atomic E-state index is 5.83. The largest absolute Gasteiger partial charge is 0.476 e. The number of nitrogens with zero attached hydrogens (tertiary/aromatic N) is 3. The number of ether oxygens (including phenoxy) is 1. The van der Waals surface area contributed by atoms with Gasteiger partial charge in [0.1, 0.15) is 11.5 Å². The Labute approximate surface area is 134 Å². The first kappa shape index (κ1) is 15.0. The Morgan fingerprint density at radius 1 is 1.09 bits per heavy atom. The number of rotatable bonds is 5. The minimum Gasteiger partial charge on any atom is -0.476 e. The van der Waals surface area contributed by atoms with Crippen molar-refractivity contribution >= 4 is 5.69 Å². The highest BCUT2D eigenvalue weighted by atomic mass is 16.5. The van der Waals surface area contributed by atoms with Gasteiger partial charge in [-0.2, -0.15) is 0 Å². The van der Waals surface area contributed by atoms with Crippen molar-refractivity contribution in [3.8, 4) is 17.1 Å². The van der Waals surface area contributed by atoms with Crippen molar-refractivity contribution in [2.45, 2.75) is 20.3 Å². The topological polar surface area (TPSA) is 87.1 Å². The molecule has 0 saturated heterocycles. The Hall–Kier alpha value is -2.89. The number of aromatic nitrogens is 3. The van der Waals surface area contributed by atoms with Crippen LogP contribution in [0.5, 0.6) is 5.88 Å². The van der Waals surface area contributed by atoms with Gasteiger partial charge in [0.05, 0.1) is 12.3 Å². The predicted molar refractivity (Wildman–Crippen MR) is 87.1 cm³/mol. The number of nitrogens with two attached hydrogens (primary N) is 1. The van der Waals surface area contributed by atoms with Crippen LogP contribution in [0.15, 0.2) is 41.2 Å². The van der Waals surface area contributed by atoms with Gasteiger partial charge in [-0.25, -0.2) is 9.97 Å². The normalized spacial score (nSPS) is 10.7. The van der Waals surface area contributed by atoms with Gasteiger partial charge in [-0.1, -0.05) is 17.3 Å². The maximum atomic E-state index is 5.83. The van der Waals surface area contributed by atoms with Gasteiger partial charge in [0.25, 0.3) is 0 Å². The molecule has 0 fully saturated rings. The van der Waals surface area contributed by atoms with Crippen LogP contribution >= 0.6 is 0 Å². The molecule has 0 amide bonds. The summed E-state index contributed by atoms with van der Waals surface area (Å²) in [6.45, 7) is 4.30. The van der Waals surface area contributed by atoms with Crippen LogP contribution in [0.3, 0.4) is 0 Å². The van der Waals surface area contributed by atoms with E-state index < -0.39 is 0 Å². The summed E-state index contributed by atoms with van der Waals surface area (Å²) >= 11 is 0. The number of nitrogen functional groups attached to an aromatic ring is 1. The van der Waals surface area contributed by atoms with Crippen LogP contribution in [0.25, 0.3) is 11.3 Å². The molecule has 23 heavy (non-hydrogen) atoms. The minimum absolute atomic E-state index is 0.476. The minimum atomic E-state index is 0.476. The highest BCUT2D eigenvalue weighted by Crippen LogP contribution is 2.26. The zero-order valence-electron chi connectivity index (χ0n) is 13.1. The lowest BCUT2D eigenvalue weighted by molar-refractivity contribution is 0.308. The van der Waals surface area contributed by atoms with Gasteiger partial charge in [0.15, 0.2) is 0 Å². The van der Waals surface area contributed by atoms with Crippen molar-refractivity contribution < 1.29 is 9.26 Å². The molecule has 3 aromatic rings. The molecule has 6 nitrogen and oxygen atoms in total. The summed E-state index contributed by atoms with van der Waals surface area (Å²) < 4.78 is 11.0. The van der Waals surface area contributed by atoms with Crippen molar-refractivity contribution in [1.29, 1.82) is 0 Å². The smallest absolute Gasteiger partial charge is 0.240 e. The Bertz CT molecular complexity index is 777. The molecule has 0 spiro atoms. The van der Waals surface area contributed by atoms with Gasteiger partial charge in [-0.3, -0.25) is 0 Å². The summed E-state index contributed by atoms with van der Waals surface area (Å²) in [5.41, 5.74) is 10.0. The summed E-state index contributed by atoms with van der Waals surface area (Å²) in [6, 6.07) is 7.47. The number of benzene rings is 1. The second-order valence-corrected chi connectivity index (χ2v) is 5.23. The van der Waals surface area contributed by atoms with Gasteiger partial charge < -0.3 is 15.0 Å². The second-order valence-electron chi connectivity index (χ2n) is 5.23. The standard InChI is InChI=1S/C17H18N4O2/c1-11-15(12(2)23-21-11)7-10-22-17-16(19-8-9-20-17)13-3-5-14(18)6-4-13/h3-6,8-9H,7,10,18H2,1-2H3. The first-order valence-corrected chi connectivity index (χ1v) is 7.36. The SMILES string of the molecule is Cc1noc(C)c1CCOc1nccnc1-c1ccc(N)cc1. The molecule has 0 radical (unpaired) electrons. The van der Waals surface area contributed by atoms with E-state index in [0.717, 1.165) is 22.6 Å². The van der Waals surface area contributed by atoms with Gasteiger partial charge in [-0.05, 0) is 26.0 Å². The average molecular weight is 310 g/mol. The van der Waals surface area contributed by atoms with Gasteiger partial charge in [0.2, 0.25) is 5.88 Å². The molecule has 1 aromatic carbocycles. The molecule has 118 valence electrons. The van der Waals surface area contributed by atoms with E-state index in [0.29, 0.717) is 30.3 Å². The number of hydrogen-bond acceptors (Lipinski definition) is 6. The Kier molecular flexibility index (Phi) is 4.23. The average Bonchev–Trinajstić information content (AvgIpc) is 2.88. The molecule has 3 rings (SSSR count). The molecule has 0 aliphatic rings. The van der Waals surface area contributed by atoms with Crippen molar-refractivity contribution in [3.05, 3.63) is 53.7 Å². The summed E-state index contributed by atoms with van der Waals surface area (Å²) in [5.74, 6) is 1.33. The Morgan fingerprint density at radius 2 is 1.83 bits per heavy atom. The lowest BCUT2D eigenvalue weighted by atomic mass is 10.1. The van der Waals surface area contributed by atoms with Crippen LogP contribution in [-0.2, 0) is 6.42 Å². The highest BCUT2D eigenvalue weighted by molar-refractivity contribution is 5.65. The molecule has 0 saturated carbocycles. The third-order valence-corrected chi connectivity index (χ3v) is 3.62. The quantitative estimate of drug-likeness (QED) is 0.729. The molecule has 2 aromatic heterocycles. The van der Waals surface area contributed by atoms with E-state index in [-0.39, 0.29) is 0 Å². The van der Waals surface area contributed by atoms with Crippen molar-refractivity contribution in [1.82, 2.24) is 15.1 Å². The molecule has 0 unspecified atom stereocenters. The van der Waals surface area contributed by atoms with E-state index in [4.69, 9.17) is 15.0 Å². The Morgan fingerprint density at radius 3 is 2.52 bits per heavy atom. The third-order valence-electron chi connectivity index (χ3n) is 3.62. The van der Waals surface area contributed by atoms with E-state index in [1.54, 1.807) is 12.4 Å². The molecule has 0 atom stereocenters. The summed E-state index contributed by atoms with van der Waals surface area (Å²) in [4.78, 5) is 8.66. The van der Waals surface area contributed by atoms with Gasteiger partial charge in [-0.15, -0.1) is 0 Å². The van der Waals surface area contributed by atoms with Crippen LogP contribution in [-0.4, -0.2) is 21.7 Å². The van der Waals surface area contributed by atoms with Crippen LogP contribution in [0.1, 0.15) is 17.0 Å². The first-order chi connectivity index (χ1) is 11.1. The highest BCUT2D eigenvalue weighted by Gasteiger charge is 2.12. The molecule has 0 aliphatic carbocycles. The molecule has 2 heterocycles. The van der Waals surface area contributed by atoms with E-state index in [2.05, 4.69) is 15.1 Å². The van der Waals surface area contributed by atoms with E-state index >= 15 is 0 Å². The van der Waals surface area contributed by atoms with E-state index in [1.165, 1.54) is 0 Å². The van der Waals surface area contributed by atoms with Crippen LogP contribution < -0.4 is 10.5 Å².